The lowest BCUT2D eigenvalue weighted by Gasteiger charge is -2.29. The molecule has 5 heteroatoms. The summed E-state index contributed by atoms with van der Waals surface area (Å²) in [5.74, 6) is 0.137. The molecular weight excluding hydrogens is 316 g/mol. The summed E-state index contributed by atoms with van der Waals surface area (Å²) >= 11 is 0. The van der Waals surface area contributed by atoms with Gasteiger partial charge in [-0.3, -0.25) is 4.79 Å². The number of carbonyl (C=O) groups is 1. The number of aliphatic hydroxyl groups is 1. The normalized spacial score (nSPS) is 22.1. The van der Waals surface area contributed by atoms with E-state index in [2.05, 4.69) is 4.99 Å². The highest BCUT2D eigenvalue weighted by molar-refractivity contribution is 6.28. The summed E-state index contributed by atoms with van der Waals surface area (Å²) < 4.78 is 5.47. The Morgan fingerprint density at radius 3 is 2.96 bits per heavy atom. The molecule has 3 aromatic rings. The van der Waals surface area contributed by atoms with Gasteiger partial charge in [0.15, 0.2) is 5.60 Å². The average molecular weight is 332 g/mol. The van der Waals surface area contributed by atoms with Gasteiger partial charge in [-0.2, -0.15) is 0 Å². The van der Waals surface area contributed by atoms with Crippen LogP contribution < -0.4 is 4.90 Å². The number of rotatable bonds is 1. The minimum atomic E-state index is -1.56. The van der Waals surface area contributed by atoms with Crippen molar-refractivity contribution in [1.29, 1.82) is 0 Å². The molecule has 0 aliphatic carbocycles. The van der Waals surface area contributed by atoms with Crippen LogP contribution in [-0.4, -0.2) is 28.9 Å². The fourth-order valence-electron chi connectivity index (χ4n) is 3.71. The number of hydrogen-bond donors (Lipinski definition) is 1. The van der Waals surface area contributed by atoms with E-state index in [0.717, 1.165) is 22.2 Å². The van der Waals surface area contributed by atoms with Crippen LogP contribution in [0.4, 0.5) is 11.4 Å². The van der Waals surface area contributed by atoms with E-state index >= 15 is 0 Å². The minimum absolute atomic E-state index is 0.266. The molecule has 1 fully saturated rings. The standard InChI is InChI=1S/C20H16N2O3/c1-12-2-5-16-15(10-12)18(23)20(24)7-8-22(19(20)21-16)14-4-3-13-6-9-25-17(13)11-14/h2-6,9-11,24H,7-8H2,1H3. The number of amidine groups is 1. The fourth-order valence-corrected chi connectivity index (χ4v) is 3.71. The Labute approximate surface area is 144 Å². The summed E-state index contributed by atoms with van der Waals surface area (Å²) in [4.78, 5) is 19.5. The van der Waals surface area contributed by atoms with Crippen LogP contribution in [0.5, 0.6) is 0 Å². The van der Waals surface area contributed by atoms with E-state index in [9.17, 15) is 9.90 Å². The number of ketones is 1. The quantitative estimate of drug-likeness (QED) is 0.739. The zero-order valence-corrected chi connectivity index (χ0v) is 13.7. The maximum atomic E-state index is 12.9. The molecule has 124 valence electrons. The molecule has 2 aliphatic heterocycles. The lowest BCUT2D eigenvalue weighted by atomic mass is 9.87. The number of carbonyl (C=O) groups excluding carboxylic acids is 1. The first-order chi connectivity index (χ1) is 12.1. The first kappa shape index (κ1) is 14.4. The van der Waals surface area contributed by atoms with E-state index in [1.54, 1.807) is 12.3 Å². The van der Waals surface area contributed by atoms with Crippen LogP contribution in [-0.2, 0) is 0 Å². The van der Waals surface area contributed by atoms with Gasteiger partial charge in [0.25, 0.3) is 0 Å². The third kappa shape index (κ3) is 1.93. The molecule has 5 nitrogen and oxygen atoms in total. The van der Waals surface area contributed by atoms with Crippen molar-refractivity contribution in [2.45, 2.75) is 18.9 Å². The van der Waals surface area contributed by atoms with E-state index in [4.69, 9.17) is 4.42 Å². The highest BCUT2D eigenvalue weighted by atomic mass is 16.3. The van der Waals surface area contributed by atoms with Gasteiger partial charge in [-0.25, -0.2) is 4.99 Å². The Morgan fingerprint density at radius 1 is 1.20 bits per heavy atom. The molecule has 2 aliphatic rings. The first-order valence-corrected chi connectivity index (χ1v) is 8.28. The van der Waals surface area contributed by atoms with Gasteiger partial charge in [-0.1, -0.05) is 11.6 Å². The van der Waals surface area contributed by atoms with E-state index in [1.165, 1.54) is 0 Å². The smallest absolute Gasteiger partial charge is 0.204 e. The number of anilines is 1. The largest absolute Gasteiger partial charge is 0.464 e. The van der Waals surface area contributed by atoms with Crippen molar-refractivity contribution < 1.29 is 14.3 Å². The number of nitrogens with zero attached hydrogens (tertiary/aromatic N) is 2. The first-order valence-electron chi connectivity index (χ1n) is 8.28. The SMILES string of the molecule is Cc1ccc2c(c1)C(=O)C1(O)CCN(c3ccc4ccoc4c3)C1=N2. The number of aliphatic imine (C=N–C) groups is 1. The van der Waals surface area contributed by atoms with Gasteiger partial charge in [0.1, 0.15) is 11.4 Å². The van der Waals surface area contributed by atoms with E-state index in [0.29, 0.717) is 30.1 Å². The van der Waals surface area contributed by atoms with Crippen LogP contribution in [0.2, 0.25) is 0 Å². The summed E-state index contributed by atoms with van der Waals surface area (Å²) in [5.41, 5.74) is 2.16. The molecule has 1 N–H and O–H groups in total. The van der Waals surface area contributed by atoms with Crippen molar-refractivity contribution in [3.63, 3.8) is 0 Å². The van der Waals surface area contributed by atoms with Crippen LogP contribution in [0.25, 0.3) is 11.0 Å². The third-order valence-electron chi connectivity index (χ3n) is 5.07. The number of furan rings is 1. The van der Waals surface area contributed by atoms with Crippen molar-refractivity contribution in [2.75, 3.05) is 11.4 Å². The number of aryl methyl sites for hydroxylation is 1. The number of hydrogen-bond acceptors (Lipinski definition) is 5. The summed E-state index contributed by atoms with van der Waals surface area (Å²) in [5, 5.41) is 12.1. The molecule has 0 radical (unpaired) electrons. The maximum absolute atomic E-state index is 12.9. The molecule has 2 aromatic carbocycles. The minimum Gasteiger partial charge on any atom is -0.464 e. The molecule has 1 unspecified atom stereocenters. The van der Waals surface area contributed by atoms with Gasteiger partial charge in [0.2, 0.25) is 5.78 Å². The highest BCUT2D eigenvalue weighted by Crippen LogP contribution is 2.40. The summed E-state index contributed by atoms with van der Waals surface area (Å²) in [6.45, 7) is 2.45. The Hall–Kier alpha value is -2.92. The summed E-state index contributed by atoms with van der Waals surface area (Å²) in [7, 11) is 0. The topological polar surface area (TPSA) is 66.0 Å². The highest BCUT2D eigenvalue weighted by Gasteiger charge is 2.52. The molecule has 5 rings (SSSR count). The second-order valence-corrected chi connectivity index (χ2v) is 6.69. The molecule has 1 saturated heterocycles. The average Bonchev–Trinajstić information content (AvgIpc) is 3.20. The van der Waals surface area contributed by atoms with Crippen molar-refractivity contribution >= 4 is 34.0 Å². The Balaban J connectivity index is 1.67. The molecular formula is C20H16N2O3. The van der Waals surface area contributed by atoms with Crippen LogP contribution in [0, 0.1) is 6.92 Å². The molecule has 0 amide bonds. The van der Waals surface area contributed by atoms with Crippen molar-refractivity contribution in [2.24, 2.45) is 4.99 Å². The second kappa shape index (κ2) is 4.80. The van der Waals surface area contributed by atoms with Gasteiger partial charge in [0, 0.05) is 35.7 Å². The van der Waals surface area contributed by atoms with Crippen LogP contribution in [0.1, 0.15) is 22.3 Å². The summed E-state index contributed by atoms with van der Waals surface area (Å²) in [6, 6.07) is 13.3. The molecule has 3 heterocycles. The molecule has 1 atom stereocenters. The molecule has 0 spiro atoms. The third-order valence-corrected chi connectivity index (χ3v) is 5.07. The van der Waals surface area contributed by atoms with Gasteiger partial charge in [0.05, 0.1) is 12.0 Å². The van der Waals surface area contributed by atoms with Crippen LogP contribution in [0.15, 0.2) is 58.1 Å². The van der Waals surface area contributed by atoms with E-state index in [1.807, 2.05) is 48.2 Å². The van der Waals surface area contributed by atoms with Gasteiger partial charge < -0.3 is 14.4 Å². The molecule has 1 aromatic heterocycles. The zero-order valence-electron chi connectivity index (χ0n) is 13.7. The fraction of sp³-hybridized carbons (Fsp3) is 0.200. The Kier molecular flexibility index (Phi) is 2.77. The predicted molar refractivity (Wildman–Crippen MR) is 95.7 cm³/mol. The Bertz CT molecular complexity index is 1070. The lowest BCUT2D eigenvalue weighted by molar-refractivity contribution is 0.0602. The van der Waals surface area contributed by atoms with E-state index in [-0.39, 0.29) is 5.78 Å². The van der Waals surface area contributed by atoms with Crippen molar-refractivity contribution in [1.82, 2.24) is 0 Å². The van der Waals surface area contributed by atoms with Gasteiger partial charge >= 0.3 is 0 Å². The van der Waals surface area contributed by atoms with E-state index < -0.39 is 5.60 Å². The maximum Gasteiger partial charge on any atom is 0.204 e. The lowest BCUT2D eigenvalue weighted by Crippen LogP contribution is -2.48. The van der Waals surface area contributed by atoms with Crippen LogP contribution in [0.3, 0.4) is 0 Å². The Morgan fingerprint density at radius 2 is 2.08 bits per heavy atom. The van der Waals surface area contributed by atoms with Gasteiger partial charge in [-0.15, -0.1) is 0 Å². The number of benzene rings is 2. The number of Topliss-reactive ketones (excluding diaryl/α,β-unsaturated/α-hetero) is 1. The van der Waals surface area contributed by atoms with Crippen LogP contribution >= 0.6 is 0 Å². The second-order valence-electron chi connectivity index (χ2n) is 6.69. The monoisotopic (exact) mass is 332 g/mol. The molecule has 25 heavy (non-hydrogen) atoms. The predicted octanol–water partition coefficient (Wildman–Crippen LogP) is 3.61. The summed E-state index contributed by atoms with van der Waals surface area (Å²) in [6.07, 6.45) is 1.98. The zero-order chi connectivity index (χ0) is 17.2. The van der Waals surface area contributed by atoms with Crippen molar-refractivity contribution in [3.05, 3.63) is 59.9 Å². The van der Waals surface area contributed by atoms with Crippen molar-refractivity contribution in [3.8, 4) is 0 Å². The van der Waals surface area contributed by atoms with Gasteiger partial charge in [-0.05, 0) is 37.3 Å². The number of fused-ring (bicyclic) bond motifs is 3. The molecule has 0 saturated carbocycles. The molecule has 0 bridgehead atoms.